The molecule has 192 valence electrons. The van der Waals surface area contributed by atoms with Gasteiger partial charge in [0.25, 0.3) is 0 Å². The maximum atomic E-state index is 13.1. The number of nitrogens with one attached hydrogen (secondary N) is 1. The minimum absolute atomic E-state index is 0.154. The van der Waals surface area contributed by atoms with E-state index in [1.807, 2.05) is 53.2 Å². The second kappa shape index (κ2) is 10.8. The van der Waals surface area contributed by atoms with Crippen LogP contribution in [0.4, 0.5) is 5.95 Å². The smallest absolute Gasteiger partial charge is 0.227 e. The largest absolute Gasteiger partial charge is 0.489 e. The molecule has 6 rings (SSSR count). The van der Waals surface area contributed by atoms with Crippen LogP contribution in [0.3, 0.4) is 0 Å². The Morgan fingerprint density at radius 1 is 1.03 bits per heavy atom. The lowest BCUT2D eigenvalue weighted by molar-refractivity contribution is -0.116. The molecule has 0 spiro atoms. The van der Waals surface area contributed by atoms with Gasteiger partial charge in [0.2, 0.25) is 11.1 Å². The lowest BCUT2D eigenvalue weighted by atomic mass is 9.85. The number of nitrogens with zero attached hydrogens (tertiary/aromatic N) is 3. The summed E-state index contributed by atoms with van der Waals surface area (Å²) in [6.07, 6.45) is 2.20. The van der Waals surface area contributed by atoms with Crippen molar-refractivity contribution in [2.45, 2.75) is 42.8 Å². The first kappa shape index (κ1) is 25.0. The van der Waals surface area contributed by atoms with Gasteiger partial charge < -0.3 is 10.1 Å². The third-order valence-corrected chi connectivity index (χ3v) is 8.16. The van der Waals surface area contributed by atoms with Crippen molar-refractivity contribution in [1.82, 2.24) is 14.8 Å². The summed E-state index contributed by atoms with van der Waals surface area (Å²) in [5, 5.41) is 10.1. The number of ketones is 1. The van der Waals surface area contributed by atoms with Gasteiger partial charge in [0.1, 0.15) is 18.4 Å². The average Bonchev–Trinajstić information content (AvgIpc) is 3.34. The number of benzene rings is 3. The molecular weight excluding hydrogens is 539 g/mol. The molecule has 2 aliphatic rings. The summed E-state index contributed by atoms with van der Waals surface area (Å²) in [4.78, 5) is 17.9. The summed E-state index contributed by atoms with van der Waals surface area (Å²) >= 11 is 13.9. The van der Waals surface area contributed by atoms with E-state index in [-0.39, 0.29) is 11.8 Å². The number of carbonyl (C=O) groups is 1. The van der Waals surface area contributed by atoms with Crippen LogP contribution >= 0.6 is 35.0 Å². The fraction of sp³-hybridized carbons (Fsp3) is 0.207. The second-order valence-electron chi connectivity index (χ2n) is 9.23. The van der Waals surface area contributed by atoms with Crippen LogP contribution in [0.2, 0.25) is 10.0 Å². The van der Waals surface area contributed by atoms with Crippen LogP contribution in [0, 0.1) is 0 Å². The highest BCUT2D eigenvalue weighted by atomic mass is 35.5. The van der Waals surface area contributed by atoms with E-state index in [4.69, 9.17) is 38.0 Å². The van der Waals surface area contributed by atoms with Gasteiger partial charge in [-0.15, -0.1) is 5.10 Å². The minimum Gasteiger partial charge on any atom is -0.489 e. The third kappa shape index (κ3) is 5.19. The molecule has 38 heavy (non-hydrogen) atoms. The Kier molecular flexibility index (Phi) is 7.15. The predicted molar refractivity (Wildman–Crippen MR) is 151 cm³/mol. The molecule has 0 bridgehead atoms. The number of hydrogen-bond acceptors (Lipinski definition) is 6. The molecule has 0 saturated carbocycles. The number of allylic oxidation sites excluding steroid dienone is 2. The van der Waals surface area contributed by atoms with Crippen molar-refractivity contribution in [1.29, 1.82) is 0 Å². The first-order valence-corrected chi connectivity index (χ1v) is 14.1. The van der Waals surface area contributed by atoms with Crippen molar-refractivity contribution in [2.24, 2.45) is 0 Å². The highest BCUT2D eigenvalue weighted by molar-refractivity contribution is 7.98. The average molecular weight is 564 g/mol. The molecule has 0 fully saturated rings. The number of hydrogen-bond donors (Lipinski definition) is 1. The lowest BCUT2D eigenvalue weighted by Gasteiger charge is -2.32. The summed E-state index contributed by atoms with van der Waals surface area (Å²) in [7, 11) is 0. The molecule has 1 aromatic heterocycles. The first-order chi connectivity index (χ1) is 18.5. The van der Waals surface area contributed by atoms with E-state index in [0.717, 1.165) is 41.0 Å². The number of ether oxygens (including phenoxy) is 1. The lowest BCUT2D eigenvalue weighted by Crippen LogP contribution is -2.31. The highest BCUT2D eigenvalue weighted by Gasteiger charge is 2.36. The topological polar surface area (TPSA) is 69.0 Å². The molecular formula is C29H24Cl2N4O2S. The van der Waals surface area contributed by atoms with E-state index in [1.54, 1.807) is 23.9 Å². The number of anilines is 1. The van der Waals surface area contributed by atoms with Crippen molar-refractivity contribution in [3.8, 4) is 5.75 Å². The summed E-state index contributed by atoms with van der Waals surface area (Å²) in [6, 6.07) is 23.1. The van der Waals surface area contributed by atoms with Crippen LogP contribution in [0.5, 0.6) is 5.75 Å². The number of thioether (sulfide) groups is 1. The molecule has 0 radical (unpaired) electrons. The number of carbonyl (C=O) groups excluding carboxylic acids is 1. The van der Waals surface area contributed by atoms with E-state index >= 15 is 0 Å². The number of rotatable bonds is 7. The molecule has 9 heteroatoms. The van der Waals surface area contributed by atoms with Crippen LogP contribution in [0.1, 0.15) is 42.0 Å². The van der Waals surface area contributed by atoms with Crippen molar-refractivity contribution >= 4 is 46.7 Å². The van der Waals surface area contributed by atoms with Gasteiger partial charge >= 0.3 is 0 Å². The van der Waals surface area contributed by atoms with Gasteiger partial charge in [-0.25, -0.2) is 4.68 Å². The normalized spacial score (nSPS) is 16.6. The number of halogens is 2. The van der Waals surface area contributed by atoms with Gasteiger partial charge in [-0.3, -0.25) is 4.79 Å². The highest BCUT2D eigenvalue weighted by Crippen LogP contribution is 2.41. The predicted octanol–water partition coefficient (Wildman–Crippen LogP) is 7.48. The number of aromatic nitrogens is 3. The van der Waals surface area contributed by atoms with Crippen molar-refractivity contribution in [2.75, 3.05) is 5.32 Å². The zero-order valence-corrected chi connectivity index (χ0v) is 22.7. The van der Waals surface area contributed by atoms with E-state index in [2.05, 4.69) is 17.4 Å². The van der Waals surface area contributed by atoms with Crippen LogP contribution in [0.25, 0.3) is 0 Å². The molecule has 1 unspecified atom stereocenters. The Morgan fingerprint density at radius 2 is 1.84 bits per heavy atom. The van der Waals surface area contributed by atoms with Gasteiger partial charge in [-0.05, 0) is 48.2 Å². The monoisotopic (exact) mass is 562 g/mol. The molecule has 0 amide bonds. The van der Waals surface area contributed by atoms with E-state index < -0.39 is 0 Å². The zero-order valence-electron chi connectivity index (χ0n) is 20.4. The quantitative estimate of drug-likeness (QED) is 0.235. The van der Waals surface area contributed by atoms with E-state index in [0.29, 0.717) is 39.9 Å². The summed E-state index contributed by atoms with van der Waals surface area (Å²) < 4.78 is 7.82. The van der Waals surface area contributed by atoms with Crippen molar-refractivity contribution in [3.05, 3.63) is 111 Å². The van der Waals surface area contributed by atoms with E-state index in [1.165, 1.54) is 5.56 Å². The molecule has 1 atom stereocenters. The Balaban J connectivity index is 1.26. The molecule has 6 nitrogen and oxygen atoms in total. The Hall–Kier alpha value is -3.26. The molecule has 2 heterocycles. The Morgan fingerprint density at radius 3 is 2.63 bits per heavy atom. The van der Waals surface area contributed by atoms with Crippen LogP contribution in [-0.2, 0) is 17.2 Å². The van der Waals surface area contributed by atoms with E-state index in [9.17, 15) is 4.79 Å². The van der Waals surface area contributed by atoms with Crippen LogP contribution < -0.4 is 10.1 Å². The van der Waals surface area contributed by atoms with Crippen molar-refractivity contribution in [3.63, 3.8) is 0 Å². The van der Waals surface area contributed by atoms with Gasteiger partial charge in [-0.2, -0.15) is 4.98 Å². The van der Waals surface area contributed by atoms with Gasteiger partial charge in [0.15, 0.2) is 5.78 Å². The standard InChI is InChI=1S/C29H24Cl2N4O2S/c30-21-12-9-20(23(31)15-21)16-37-22-13-10-19(11-14-22)27-26-24(7-4-8-25(26)36)32-28-33-29(34-35(27)28)38-17-18-5-2-1-3-6-18/h1-3,5-6,9-15,27H,4,7-8,16-17H2,(H,32,33,34). The summed E-state index contributed by atoms with van der Waals surface area (Å²) in [5.74, 6) is 2.29. The van der Waals surface area contributed by atoms with Crippen LogP contribution in [0.15, 0.2) is 89.2 Å². The number of fused-ring (bicyclic) bond motifs is 1. The fourth-order valence-corrected chi connectivity index (χ4v) is 6.02. The Bertz CT molecular complexity index is 1520. The van der Waals surface area contributed by atoms with Gasteiger partial charge in [0, 0.05) is 39.1 Å². The summed E-state index contributed by atoms with van der Waals surface area (Å²) in [5.41, 5.74) is 4.74. The number of Topliss-reactive ketones (excluding diaryl/α,β-unsaturated/α-hetero) is 1. The molecule has 1 aliphatic heterocycles. The Labute approximate surface area is 235 Å². The molecule has 1 N–H and O–H groups in total. The molecule has 4 aromatic rings. The molecule has 3 aromatic carbocycles. The SMILES string of the molecule is O=C1CCCC2=C1C(c1ccc(OCc3ccc(Cl)cc3Cl)cc1)n1nc(SCc3ccccc3)nc1N2. The van der Waals surface area contributed by atoms with Crippen molar-refractivity contribution < 1.29 is 9.53 Å². The molecule has 0 saturated heterocycles. The second-order valence-corrected chi connectivity index (χ2v) is 11.0. The van der Waals surface area contributed by atoms with Gasteiger partial charge in [0.05, 0.1) is 0 Å². The maximum absolute atomic E-state index is 13.1. The zero-order chi connectivity index (χ0) is 26.1. The summed E-state index contributed by atoms with van der Waals surface area (Å²) in [6.45, 7) is 0.325. The third-order valence-electron chi connectivity index (χ3n) is 6.66. The minimum atomic E-state index is -0.340. The first-order valence-electron chi connectivity index (χ1n) is 12.4. The van der Waals surface area contributed by atoms with Gasteiger partial charge in [-0.1, -0.05) is 83.5 Å². The van der Waals surface area contributed by atoms with Crippen LogP contribution in [-0.4, -0.2) is 20.5 Å². The fourth-order valence-electron chi connectivity index (χ4n) is 4.77. The maximum Gasteiger partial charge on any atom is 0.227 e. The molecule has 1 aliphatic carbocycles.